The number of amides is 1. The fraction of sp³-hybridized carbons (Fsp3) is 0.941. The number of carbonyl (C=O) groups excluding carboxylic acids is 1. The highest BCUT2D eigenvalue weighted by Crippen LogP contribution is 2.29. The molecule has 2 fully saturated rings. The van der Waals surface area contributed by atoms with Gasteiger partial charge in [0.05, 0.1) is 32.0 Å². The van der Waals surface area contributed by atoms with Gasteiger partial charge in [-0.05, 0) is 33.6 Å². The lowest BCUT2D eigenvalue weighted by Crippen LogP contribution is -2.43. The maximum absolute atomic E-state index is 12.2. The standard InChI is InChI=1S/C17H32N2O4/c1-5-17(22-13-10-18-8-11-21-12-9-18)6-7-19(14-17)15(20)23-16(2,3)4/h5-14H2,1-4H3. The van der Waals surface area contributed by atoms with Crippen LogP contribution in [0.3, 0.4) is 0 Å². The summed E-state index contributed by atoms with van der Waals surface area (Å²) in [5, 5.41) is 0. The summed E-state index contributed by atoms with van der Waals surface area (Å²) < 4.78 is 17.0. The van der Waals surface area contributed by atoms with Crippen molar-refractivity contribution in [2.45, 2.75) is 51.7 Å². The highest BCUT2D eigenvalue weighted by atomic mass is 16.6. The molecule has 2 rings (SSSR count). The van der Waals surface area contributed by atoms with Crippen LogP contribution in [0.15, 0.2) is 0 Å². The zero-order chi connectivity index (χ0) is 16.9. The lowest BCUT2D eigenvalue weighted by Gasteiger charge is -2.32. The number of carbonyl (C=O) groups is 1. The minimum Gasteiger partial charge on any atom is -0.444 e. The fourth-order valence-electron chi connectivity index (χ4n) is 3.05. The Morgan fingerprint density at radius 1 is 1.22 bits per heavy atom. The van der Waals surface area contributed by atoms with Gasteiger partial charge in [0.15, 0.2) is 0 Å². The maximum atomic E-state index is 12.2. The van der Waals surface area contributed by atoms with Crippen molar-refractivity contribution in [2.24, 2.45) is 0 Å². The molecule has 0 spiro atoms. The van der Waals surface area contributed by atoms with Crippen molar-refractivity contribution < 1.29 is 19.0 Å². The van der Waals surface area contributed by atoms with Gasteiger partial charge in [0.2, 0.25) is 0 Å². The van der Waals surface area contributed by atoms with Crippen LogP contribution < -0.4 is 0 Å². The Morgan fingerprint density at radius 2 is 1.91 bits per heavy atom. The molecule has 23 heavy (non-hydrogen) atoms. The molecule has 0 aromatic heterocycles. The Kier molecular flexibility index (Phi) is 6.28. The van der Waals surface area contributed by atoms with E-state index in [4.69, 9.17) is 14.2 Å². The maximum Gasteiger partial charge on any atom is 0.410 e. The summed E-state index contributed by atoms with van der Waals surface area (Å²) in [6.45, 7) is 14.4. The van der Waals surface area contributed by atoms with E-state index in [0.29, 0.717) is 19.7 Å². The third-order valence-electron chi connectivity index (χ3n) is 4.53. The van der Waals surface area contributed by atoms with Crippen molar-refractivity contribution in [1.29, 1.82) is 0 Å². The molecule has 1 unspecified atom stereocenters. The average molecular weight is 328 g/mol. The van der Waals surface area contributed by atoms with Crippen molar-refractivity contribution in [3.63, 3.8) is 0 Å². The monoisotopic (exact) mass is 328 g/mol. The van der Waals surface area contributed by atoms with Crippen LogP contribution in [0.25, 0.3) is 0 Å². The van der Waals surface area contributed by atoms with Gasteiger partial charge in [-0.1, -0.05) is 6.92 Å². The molecule has 0 N–H and O–H groups in total. The van der Waals surface area contributed by atoms with Gasteiger partial charge in [0, 0.05) is 26.2 Å². The second-order valence-electron chi connectivity index (χ2n) is 7.49. The van der Waals surface area contributed by atoms with E-state index in [2.05, 4.69) is 11.8 Å². The quantitative estimate of drug-likeness (QED) is 0.774. The smallest absolute Gasteiger partial charge is 0.410 e. The molecule has 134 valence electrons. The number of morpholine rings is 1. The number of rotatable bonds is 5. The fourth-order valence-corrected chi connectivity index (χ4v) is 3.05. The number of nitrogens with zero attached hydrogens (tertiary/aromatic N) is 2. The molecule has 0 aromatic carbocycles. The topological polar surface area (TPSA) is 51.2 Å². The molecular formula is C17H32N2O4. The first-order valence-electron chi connectivity index (χ1n) is 8.76. The van der Waals surface area contributed by atoms with Crippen LogP contribution in [-0.4, -0.2) is 79.6 Å². The predicted molar refractivity (Wildman–Crippen MR) is 88.7 cm³/mol. The van der Waals surface area contributed by atoms with Gasteiger partial charge in [-0.25, -0.2) is 4.79 Å². The van der Waals surface area contributed by atoms with E-state index in [0.717, 1.165) is 45.7 Å². The van der Waals surface area contributed by atoms with Crippen LogP contribution in [0, 0.1) is 0 Å². The first kappa shape index (κ1) is 18.5. The van der Waals surface area contributed by atoms with E-state index >= 15 is 0 Å². The largest absolute Gasteiger partial charge is 0.444 e. The molecule has 0 aromatic rings. The summed E-state index contributed by atoms with van der Waals surface area (Å²) >= 11 is 0. The lowest BCUT2D eigenvalue weighted by atomic mass is 10.00. The highest BCUT2D eigenvalue weighted by molar-refractivity contribution is 5.68. The molecular weight excluding hydrogens is 296 g/mol. The minimum absolute atomic E-state index is 0.219. The van der Waals surface area contributed by atoms with Gasteiger partial charge < -0.3 is 19.1 Å². The van der Waals surface area contributed by atoms with Crippen molar-refractivity contribution in [3.8, 4) is 0 Å². The normalized spacial score (nSPS) is 26.5. The molecule has 0 aliphatic carbocycles. The molecule has 6 heteroatoms. The lowest BCUT2D eigenvalue weighted by molar-refractivity contribution is -0.0567. The molecule has 6 nitrogen and oxygen atoms in total. The van der Waals surface area contributed by atoms with E-state index in [-0.39, 0.29) is 11.7 Å². The van der Waals surface area contributed by atoms with Gasteiger partial charge in [-0.15, -0.1) is 0 Å². The Labute approximate surface area is 140 Å². The molecule has 1 amide bonds. The van der Waals surface area contributed by atoms with Crippen LogP contribution >= 0.6 is 0 Å². The van der Waals surface area contributed by atoms with Crippen LogP contribution in [-0.2, 0) is 14.2 Å². The highest BCUT2D eigenvalue weighted by Gasteiger charge is 2.40. The Hall–Kier alpha value is -0.850. The van der Waals surface area contributed by atoms with Gasteiger partial charge in [0.1, 0.15) is 5.60 Å². The summed E-state index contributed by atoms with van der Waals surface area (Å²) in [6, 6.07) is 0. The summed E-state index contributed by atoms with van der Waals surface area (Å²) in [6.07, 6.45) is 1.56. The first-order valence-corrected chi connectivity index (χ1v) is 8.76. The molecule has 1 atom stereocenters. The van der Waals surface area contributed by atoms with Crippen LogP contribution in [0.5, 0.6) is 0 Å². The van der Waals surface area contributed by atoms with E-state index in [1.807, 2.05) is 20.8 Å². The van der Waals surface area contributed by atoms with Crippen molar-refractivity contribution >= 4 is 6.09 Å². The molecule has 2 heterocycles. The zero-order valence-corrected chi connectivity index (χ0v) is 15.1. The third-order valence-corrected chi connectivity index (χ3v) is 4.53. The van der Waals surface area contributed by atoms with Crippen LogP contribution in [0.2, 0.25) is 0 Å². The summed E-state index contributed by atoms with van der Waals surface area (Å²) in [5.41, 5.74) is -0.672. The molecule has 0 radical (unpaired) electrons. The Balaban J connectivity index is 1.78. The Morgan fingerprint density at radius 3 is 2.52 bits per heavy atom. The third kappa shape index (κ3) is 5.62. The van der Waals surface area contributed by atoms with E-state index in [1.165, 1.54) is 0 Å². The molecule has 2 aliphatic rings. The van der Waals surface area contributed by atoms with Crippen LogP contribution in [0.4, 0.5) is 4.79 Å². The Bertz CT molecular complexity index is 391. The van der Waals surface area contributed by atoms with Gasteiger partial charge in [-0.2, -0.15) is 0 Å². The van der Waals surface area contributed by atoms with Gasteiger partial charge in [-0.3, -0.25) is 4.90 Å². The van der Waals surface area contributed by atoms with Gasteiger partial charge in [0.25, 0.3) is 0 Å². The number of hydrogen-bond donors (Lipinski definition) is 0. The van der Waals surface area contributed by atoms with Crippen molar-refractivity contribution in [1.82, 2.24) is 9.80 Å². The molecule has 2 aliphatic heterocycles. The minimum atomic E-state index is -0.453. The SMILES string of the molecule is CCC1(OCCN2CCOCC2)CCN(C(=O)OC(C)(C)C)C1. The molecule has 2 saturated heterocycles. The second kappa shape index (κ2) is 7.81. The van der Waals surface area contributed by atoms with Crippen LogP contribution in [0.1, 0.15) is 40.5 Å². The molecule has 0 saturated carbocycles. The van der Waals surface area contributed by atoms with E-state index < -0.39 is 5.60 Å². The van der Waals surface area contributed by atoms with E-state index in [1.54, 1.807) is 4.90 Å². The average Bonchev–Trinajstić information content (AvgIpc) is 2.92. The summed E-state index contributed by atoms with van der Waals surface area (Å²) in [4.78, 5) is 16.4. The first-order chi connectivity index (χ1) is 10.8. The van der Waals surface area contributed by atoms with Crippen molar-refractivity contribution in [3.05, 3.63) is 0 Å². The summed E-state index contributed by atoms with van der Waals surface area (Å²) in [7, 11) is 0. The number of ether oxygens (including phenoxy) is 3. The van der Waals surface area contributed by atoms with E-state index in [9.17, 15) is 4.79 Å². The predicted octanol–water partition coefficient (Wildman–Crippen LogP) is 2.12. The van der Waals surface area contributed by atoms with Gasteiger partial charge >= 0.3 is 6.09 Å². The molecule has 0 bridgehead atoms. The van der Waals surface area contributed by atoms with Crippen molar-refractivity contribution in [2.75, 3.05) is 52.5 Å². The summed E-state index contributed by atoms with van der Waals surface area (Å²) in [5.74, 6) is 0. The number of hydrogen-bond acceptors (Lipinski definition) is 5. The second-order valence-corrected chi connectivity index (χ2v) is 7.49. The number of likely N-dealkylation sites (tertiary alicyclic amines) is 1. The zero-order valence-electron chi connectivity index (χ0n) is 15.1.